The van der Waals surface area contributed by atoms with Crippen LogP contribution in [-0.4, -0.2) is 71.8 Å². The van der Waals surface area contributed by atoms with Crippen molar-refractivity contribution in [2.45, 2.75) is 31.0 Å². The van der Waals surface area contributed by atoms with Gasteiger partial charge in [-0.2, -0.15) is 0 Å². The highest BCUT2D eigenvalue weighted by Gasteiger charge is 2.35. The molecule has 0 spiro atoms. The number of pyridine rings is 1. The first-order valence-corrected chi connectivity index (χ1v) is 13.7. The first-order valence-electron chi connectivity index (χ1n) is 11.9. The average molecular weight is 555 g/mol. The zero-order valence-corrected chi connectivity index (χ0v) is 23.3. The number of aryl methyl sites for hydroxylation is 1. The third-order valence-electron chi connectivity index (χ3n) is 6.15. The lowest BCUT2D eigenvalue weighted by atomic mass is 10.2. The molecule has 4 aromatic rings. The van der Waals surface area contributed by atoms with E-state index in [4.69, 9.17) is 18.9 Å². The first kappa shape index (κ1) is 27.9. The predicted molar refractivity (Wildman–Crippen MR) is 143 cm³/mol. The molecule has 3 heterocycles. The number of para-hydroxylation sites is 1. The summed E-state index contributed by atoms with van der Waals surface area (Å²) >= 11 is 0. The molecule has 0 saturated carbocycles. The summed E-state index contributed by atoms with van der Waals surface area (Å²) in [6, 6.07) is 10.4. The van der Waals surface area contributed by atoms with E-state index in [9.17, 15) is 8.42 Å². The van der Waals surface area contributed by atoms with Crippen LogP contribution in [0.25, 0.3) is 17.2 Å². The quantitative estimate of drug-likeness (QED) is 0.270. The van der Waals surface area contributed by atoms with Gasteiger partial charge in [0.25, 0.3) is 0 Å². The molecule has 0 aliphatic rings. The fourth-order valence-electron chi connectivity index (χ4n) is 4.07. The Morgan fingerprint density at radius 2 is 1.54 bits per heavy atom. The van der Waals surface area contributed by atoms with Gasteiger partial charge in [0.1, 0.15) is 34.7 Å². The molecule has 0 N–H and O–H groups in total. The van der Waals surface area contributed by atoms with Crippen molar-refractivity contribution in [1.82, 2.24) is 29.7 Å². The molecule has 0 aliphatic carbocycles. The van der Waals surface area contributed by atoms with Gasteiger partial charge < -0.3 is 18.9 Å². The van der Waals surface area contributed by atoms with E-state index in [-0.39, 0.29) is 17.5 Å². The highest BCUT2D eigenvalue weighted by atomic mass is 32.2. The number of sulfone groups is 1. The molecule has 0 aliphatic heterocycles. The third kappa shape index (κ3) is 5.68. The Labute approximate surface area is 226 Å². The first-order chi connectivity index (χ1) is 18.7. The Hall–Kier alpha value is -4.10. The minimum absolute atomic E-state index is 0.129. The Morgan fingerprint density at radius 3 is 2.13 bits per heavy atom. The van der Waals surface area contributed by atoms with Crippen molar-refractivity contribution in [3.63, 3.8) is 0 Å². The Morgan fingerprint density at radius 1 is 0.897 bits per heavy atom. The number of rotatable bonds is 11. The normalized spacial score (nSPS) is 13.1. The molecule has 0 fully saturated rings. The minimum Gasteiger partial charge on any atom is -0.494 e. The molecule has 0 saturated heterocycles. The van der Waals surface area contributed by atoms with Crippen molar-refractivity contribution in [2.75, 3.05) is 28.4 Å². The predicted octanol–water partition coefficient (Wildman–Crippen LogP) is 3.14. The maximum absolute atomic E-state index is 13.8. The number of nitrogens with zero attached hydrogens (tertiary/aromatic N) is 6. The molecule has 2 atom stereocenters. The maximum Gasteiger partial charge on any atom is 0.213 e. The van der Waals surface area contributed by atoms with E-state index in [0.29, 0.717) is 28.8 Å². The highest BCUT2D eigenvalue weighted by molar-refractivity contribution is 7.91. The molecule has 4 rings (SSSR count). The van der Waals surface area contributed by atoms with Gasteiger partial charge in [-0.15, -0.1) is 10.2 Å². The summed E-state index contributed by atoms with van der Waals surface area (Å²) in [6.07, 6.45) is 2.34. The summed E-state index contributed by atoms with van der Waals surface area (Å²) in [5.74, 6) is 1.41. The van der Waals surface area contributed by atoms with Crippen molar-refractivity contribution in [3.8, 4) is 34.6 Å². The van der Waals surface area contributed by atoms with Gasteiger partial charge in [0.15, 0.2) is 27.3 Å². The zero-order chi connectivity index (χ0) is 28.2. The monoisotopic (exact) mass is 554 g/mol. The summed E-state index contributed by atoms with van der Waals surface area (Å²) in [5.41, 5.74) is 1.69. The largest absolute Gasteiger partial charge is 0.494 e. The Bertz CT molecular complexity index is 1520. The number of benzene rings is 1. The number of hydrogen-bond donors (Lipinski definition) is 0. The average Bonchev–Trinajstić information content (AvgIpc) is 3.35. The molecule has 0 bridgehead atoms. The van der Waals surface area contributed by atoms with Crippen LogP contribution in [0.1, 0.15) is 30.2 Å². The lowest BCUT2D eigenvalue weighted by Crippen LogP contribution is -2.30. The SMILES string of the molecule is COc1cccc(-c2nnc(CS(=O)(=O)[C@H](C)[C@H](OC)c3ncc(C)cn3)n2-c2c(OC)cccc2OC)n1. The molecule has 1 aromatic carbocycles. The van der Waals surface area contributed by atoms with Crippen LogP contribution >= 0.6 is 0 Å². The van der Waals surface area contributed by atoms with Crippen molar-refractivity contribution in [1.29, 1.82) is 0 Å². The van der Waals surface area contributed by atoms with E-state index < -0.39 is 26.9 Å². The van der Waals surface area contributed by atoms with Crippen molar-refractivity contribution < 1.29 is 27.4 Å². The molecule has 39 heavy (non-hydrogen) atoms. The standard InChI is InChI=1S/C26H30N6O6S/c1-16-13-27-25(28-14-16)24(38-6)17(2)39(33,34)15-21-30-31-26(18-9-7-12-22(29-18)37-5)32(21)23-19(35-3)10-8-11-20(23)36-4/h7-14,17,24H,15H2,1-6H3/t17-,24+/m1/s1. The van der Waals surface area contributed by atoms with E-state index >= 15 is 0 Å². The second-order valence-corrected chi connectivity index (χ2v) is 11.0. The second kappa shape index (κ2) is 11.7. The van der Waals surface area contributed by atoms with E-state index in [0.717, 1.165) is 5.56 Å². The van der Waals surface area contributed by atoms with Crippen LogP contribution in [0.15, 0.2) is 48.8 Å². The van der Waals surface area contributed by atoms with Crippen LogP contribution in [0, 0.1) is 6.92 Å². The number of aromatic nitrogens is 6. The summed E-state index contributed by atoms with van der Waals surface area (Å²) in [6.45, 7) is 3.40. The summed E-state index contributed by atoms with van der Waals surface area (Å²) in [5, 5.41) is 7.60. The fraction of sp³-hybridized carbons (Fsp3) is 0.346. The van der Waals surface area contributed by atoms with Crippen molar-refractivity contribution in [3.05, 3.63) is 66.0 Å². The Balaban J connectivity index is 1.85. The van der Waals surface area contributed by atoms with Gasteiger partial charge in [0.05, 0.1) is 26.6 Å². The highest BCUT2D eigenvalue weighted by Crippen LogP contribution is 2.37. The molecule has 0 unspecified atom stereocenters. The van der Waals surface area contributed by atoms with Crippen LogP contribution < -0.4 is 14.2 Å². The molecule has 12 nitrogen and oxygen atoms in total. The van der Waals surface area contributed by atoms with Crippen LogP contribution in [-0.2, 0) is 20.3 Å². The summed E-state index contributed by atoms with van der Waals surface area (Å²) in [4.78, 5) is 13.0. The Kier molecular flexibility index (Phi) is 8.41. The maximum atomic E-state index is 13.8. The molecule has 206 valence electrons. The van der Waals surface area contributed by atoms with Gasteiger partial charge in [-0.1, -0.05) is 12.1 Å². The summed E-state index contributed by atoms with van der Waals surface area (Å²) < 4.78 is 51.2. The van der Waals surface area contributed by atoms with Gasteiger partial charge >= 0.3 is 0 Å². The van der Waals surface area contributed by atoms with Gasteiger partial charge in [-0.25, -0.2) is 23.4 Å². The smallest absolute Gasteiger partial charge is 0.213 e. The van der Waals surface area contributed by atoms with Crippen LogP contribution in [0.5, 0.6) is 17.4 Å². The molecule has 13 heteroatoms. The van der Waals surface area contributed by atoms with Crippen molar-refractivity contribution in [2.24, 2.45) is 0 Å². The number of ether oxygens (including phenoxy) is 4. The fourth-order valence-corrected chi connectivity index (χ4v) is 5.49. The van der Waals surface area contributed by atoms with Crippen LogP contribution in [0.3, 0.4) is 0 Å². The lowest BCUT2D eigenvalue weighted by Gasteiger charge is -2.22. The zero-order valence-electron chi connectivity index (χ0n) is 22.5. The molecule has 0 amide bonds. The van der Waals surface area contributed by atoms with E-state index in [1.165, 1.54) is 28.4 Å². The van der Waals surface area contributed by atoms with Crippen molar-refractivity contribution >= 4 is 9.84 Å². The van der Waals surface area contributed by atoms with E-state index in [1.54, 1.807) is 60.3 Å². The van der Waals surface area contributed by atoms with E-state index in [1.807, 2.05) is 6.92 Å². The molecular formula is C26H30N6O6S. The van der Waals surface area contributed by atoms with Gasteiger partial charge in [0, 0.05) is 25.6 Å². The van der Waals surface area contributed by atoms with Gasteiger partial charge in [0.2, 0.25) is 5.88 Å². The van der Waals surface area contributed by atoms with Gasteiger partial charge in [-0.05, 0) is 37.6 Å². The molecular weight excluding hydrogens is 524 g/mol. The molecule has 0 radical (unpaired) electrons. The topological polar surface area (TPSA) is 140 Å². The lowest BCUT2D eigenvalue weighted by molar-refractivity contribution is 0.0947. The third-order valence-corrected chi connectivity index (χ3v) is 8.19. The van der Waals surface area contributed by atoms with Crippen LogP contribution in [0.2, 0.25) is 0 Å². The van der Waals surface area contributed by atoms with E-state index in [2.05, 4.69) is 25.1 Å². The minimum atomic E-state index is -3.89. The van der Waals surface area contributed by atoms with Crippen LogP contribution in [0.4, 0.5) is 0 Å². The summed E-state index contributed by atoms with van der Waals surface area (Å²) in [7, 11) is 2.06. The second-order valence-electron chi connectivity index (χ2n) is 8.64. The number of hydrogen-bond acceptors (Lipinski definition) is 11. The molecule has 3 aromatic heterocycles. The number of methoxy groups -OCH3 is 4. The van der Waals surface area contributed by atoms with Gasteiger partial charge in [-0.3, -0.25) is 4.57 Å².